The summed E-state index contributed by atoms with van der Waals surface area (Å²) in [5, 5.41) is 10.6. The van der Waals surface area contributed by atoms with Crippen molar-refractivity contribution in [1.82, 2.24) is 0 Å². The van der Waals surface area contributed by atoms with E-state index in [2.05, 4.69) is 48.5 Å². The first-order valence-electron chi connectivity index (χ1n) is 38.8. The van der Waals surface area contributed by atoms with Crippen LogP contribution in [0.3, 0.4) is 0 Å². The minimum Gasteiger partial charge on any atom is -0.462 e. The Kier molecular flexibility index (Phi) is 64.3. The summed E-state index contributed by atoms with van der Waals surface area (Å²) in [5.74, 6) is 0.231. The third kappa shape index (κ3) is 68.6. The van der Waals surface area contributed by atoms with E-state index in [4.69, 9.17) is 37.0 Å². The van der Waals surface area contributed by atoms with Gasteiger partial charge in [0.2, 0.25) is 0 Å². The Morgan fingerprint density at radius 1 is 0.287 bits per heavy atom. The highest BCUT2D eigenvalue weighted by atomic mass is 31.2. The SMILES string of the molecule is CCCCCCCC(=O)OC[C@H](COP(=O)(O)OC[C@H](O)COP(=O)(O)OC[C@@H](COC(=O)CCCCCCCCCCCCCCCCCC(C)C)OC(=O)CCCCCCCCCCCCCCCCCC(C)C)OC(=O)CCCCCCCCCCCCC(C)C. The molecule has 0 heterocycles. The monoisotopic (exact) mass is 1380 g/mol. The second-order valence-electron chi connectivity index (χ2n) is 28.5. The first-order chi connectivity index (χ1) is 45.2. The molecule has 0 saturated heterocycles. The standard InChI is InChI=1S/C75H146O17P2/c1-8-9-10-39-49-56-72(77)85-62-70(91-74(79)59-52-45-38-32-26-25-29-35-42-48-55-68(6)7)64-89-93(81,82)87-60-69(76)61-88-94(83,84)90-65-71(92-75(80)58-51-44-37-31-24-20-16-12-14-18-22-28-34-41-47-54-67(4)5)63-86-73(78)57-50-43-36-30-23-19-15-11-13-17-21-27-33-40-46-53-66(2)3/h66-71,76H,8-65H2,1-7H3,(H,81,82)(H,83,84)/t69-,70+,71+/m0/s1. The Hall–Kier alpha value is -1.94. The molecule has 0 aliphatic carbocycles. The summed E-state index contributed by atoms with van der Waals surface area (Å²) < 4.78 is 68.3. The Morgan fingerprint density at radius 2 is 0.489 bits per heavy atom. The molecule has 0 aromatic carbocycles. The lowest BCUT2D eigenvalue weighted by atomic mass is 10.0. The Balaban J connectivity index is 5.15. The number of hydrogen-bond donors (Lipinski definition) is 3. The van der Waals surface area contributed by atoms with Crippen molar-refractivity contribution in [2.75, 3.05) is 39.6 Å². The zero-order valence-electron chi connectivity index (χ0n) is 61.4. The molecule has 0 fully saturated rings. The number of phosphoric acid groups is 2. The van der Waals surface area contributed by atoms with Gasteiger partial charge in [-0.2, -0.15) is 0 Å². The van der Waals surface area contributed by atoms with E-state index < -0.39 is 97.5 Å². The summed E-state index contributed by atoms with van der Waals surface area (Å²) >= 11 is 0. The maximum absolute atomic E-state index is 13.1. The second kappa shape index (κ2) is 65.7. The molecule has 0 radical (unpaired) electrons. The number of carbonyl (C=O) groups excluding carboxylic acids is 4. The minimum absolute atomic E-state index is 0.105. The van der Waals surface area contributed by atoms with Gasteiger partial charge in [-0.1, -0.05) is 331 Å². The van der Waals surface area contributed by atoms with Crippen molar-refractivity contribution in [3.8, 4) is 0 Å². The second-order valence-corrected chi connectivity index (χ2v) is 31.4. The molecule has 0 aliphatic heterocycles. The van der Waals surface area contributed by atoms with Crippen LogP contribution in [0.1, 0.15) is 382 Å². The van der Waals surface area contributed by atoms with E-state index in [0.29, 0.717) is 25.7 Å². The fourth-order valence-electron chi connectivity index (χ4n) is 11.4. The number of aliphatic hydroxyl groups excluding tert-OH is 1. The Bertz CT molecular complexity index is 1840. The van der Waals surface area contributed by atoms with Gasteiger partial charge in [-0.15, -0.1) is 0 Å². The van der Waals surface area contributed by atoms with Gasteiger partial charge < -0.3 is 33.8 Å². The average molecular weight is 1380 g/mol. The number of ether oxygens (including phenoxy) is 4. The molecular formula is C75H146O17P2. The molecule has 0 amide bonds. The van der Waals surface area contributed by atoms with E-state index >= 15 is 0 Å². The van der Waals surface area contributed by atoms with Crippen molar-refractivity contribution < 1.29 is 80.2 Å². The molecular weight excluding hydrogens is 1230 g/mol. The van der Waals surface area contributed by atoms with Gasteiger partial charge in [0.15, 0.2) is 12.2 Å². The van der Waals surface area contributed by atoms with Gasteiger partial charge in [0.25, 0.3) is 0 Å². The van der Waals surface area contributed by atoms with Crippen LogP contribution in [0.5, 0.6) is 0 Å². The van der Waals surface area contributed by atoms with Gasteiger partial charge in [-0.25, -0.2) is 9.13 Å². The molecule has 94 heavy (non-hydrogen) atoms. The maximum atomic E-state index is 13.1. The fraction of sp³-hybridized carbons (Fsp3) is 0.947. The zero-order valence-corrected chi connectivity index (χ0v) is 63.2. The summed E-state index contributed by atoms with van der Waals surface area (Å²) in [4.78, 5) is 72.5. The zero-order chi connectivity index (χ0) is 69.4. The summed E-state index contributed by atoms with van der Waals surface area (Å²) in [7, 11) is -9.90. The third-order valence-corrected chi connectivity index (χ3v) is 19.3. The summed E-state index contributed by atoms with van der Waals surface area (Å²) in [6, 6.07) is 0. The average Bonchev–Trinajstić information content (AvgIpc) is 1.36. The van der Waals surface area contributed by atoms with Crippen LogP contribution in [-0.2, 0) is 65.4 Å². The molecule has 0 saturated carbocycles. The lowest BCUT2D eigenvalue weighted by Crippen LogP contribution is -2.30. The highest BCUT2D eigenvalue weighted by molar-refractivity contribution is 7.47. The summed E-state index contributed by atoms with van der Waals surface area (Å²) in [6.07, 6.45) is 51.8. The first-order valence-corrected chi connectivity index (χ1v) is 41.8. The van der Waals surface area contributed by atoms with Crippen LogP contribution >= 0.6 is 15.6 Å². The lowest BCUT2D eigenvalue weighted by molar-refractivity contribution is -0.161. The highest BCUT2D eigenvalue weighted by Crippen LogP contribution is 2.45. The van der Waals surface area contributed by atoms with Crippen molar-refractivity contribution in [1.29, 1.82) is 0 Å². The summed E-state index contributed by atoms with van der Waals surface area (Å²) in [6.45, 7) is 11.8. The molecule has 5 atom stereocenters. The van der Waals surface area contributed by atoms with Crippen LogP contribution in [0.15, 0.2) is 0 Å². The predicted molar refractivity (Wildman–Crippen MR) is 381 cm³/mol. The van der Waals surface area contributed by atoms with Gasteiger partial charge in [0, 0.05) is 25.7 Å². The van der Waals surface area contributed by atoms with Crippen molar-refractivity contribution in [2.24, 2.45) is 17.8 Å². The molecule has 17 nitrogen and oxygen atoms in total. The number of phosphoric ester groups is 2. The van der Waals surface area contributed by atoms with E-state index in [1.807, 2.05) is 0 Å². The van der Waals surface area contributed by atoms with Crippen molar-refractivity contribution >= 4 is 39.5 Å². The molecule has 0 aromatic rings. The molecule has 0 spiro atoms. The molecule has 0 bridgehead atoms. The van der Waals surface area contributed by atoms with Crippen LogP contribution in [-0.4, -0.2) is 96.7 Å². The Labute approximate surface area is 575 Å². The van der Waals surface area contributed by atoms with Gasteiger partial charge in [-0.3, -0.25) is 37.3 Å². The lowest BCUT2D eigenvalue weighted by Gasteiger charge is -2.21. The van der Waals surface area contributed by atoms with Crippen LogP contribution in [0.4, 0.5) is 0 Å². The topological polar surface area (TPSA) is 237 Å². The van der Waals surface area contributed by atoms with Crippen LogP contribution < -0.4 is 0 Å². The number of rotatable bonds is 73. The first kappa shape index (κ1) is 92.1. The number of hydrogen-bond acceptors (Lipinski definition) is 15. The molecule has 0 rings (SSSR count). The van der Waals surface area contributed by atoms with E-state index in [1.54, 1.807) is 0 Å². The smallest absolute Gasteiger partial charge is 0.462 e. The predicted octanol–water partition coefficient (Wildman–Crippen LogP) is 21.8. The molecule has 19 heteroatoms. The number of carbonyl (C=O) groups is 4. The number of unbranched alkanes of at least 4 members (excludes halogenated alkanes) is 41. The van der Waals surface area contributed by atoms with E-state index in [0.717, 1.165) is 114 Å². The normalized spacial score (nSPS) is 14.1. The third-order valence-electron chi connectivity index (χ3n) is 17.4. The van der Waals surface area contributed by atoms with Crippen molar-refractivity contribution in [3.05, 3.63) is 0 Å². The quantitative estimate of drug-likeness (QED) is 0.0222. The molecule has 2 unspecified atom stereocenters. The molecule has 0 aromatic heterocycles. The molecule has 0 aliphatic rings. The number of aliphatic hydroxyl groups is 1. The van der Waals surface area contributed by atoms with Crippen LogP contribution in [0, 0.1) is 17.8 Å². The molecule has 558 valence electrons. The minimum atomic E-state index is -4.96. The van der Waals surface area contributed by atoms with E-state index in [9.17, 15) is 43.2 Å². The fourth-order valence-corrected chi connectivity index (χ4v) is 13.0. The van der Waals surface area contributed by atoms with Crippen molar-refractivity contribution in [3.63, 3.8) is 0 Å². The number of esters is 4. The van der Waals surface area contributed by atoms with Gasteiger partial charge >= 0.3 is 39.5 Å². The molecule has 3 N–H and O–H groups in total. The van der Waals surface area contributed by atoms with Gasteiger partial charge in [0.05, 0.1) is 26.4 Å². The largest absolute Gasteiger partial charge is 0.472 e. The van der Waals surface area contributed by atoms with E-state index in [1.165, 1.54) is 186 Å². The van der Waals surface area contributed by atoms with Crippen LogP contribution in [0.2, 0.25) is 0 Å². The summed E-state index contributed by atoms with van der Waals surface area (Å²) in [5.41, 5.74) is 0. The highest BCUT2D eigenvalue weighted by Gasteiger charge is 2.30. The van der Waals surface area contributed by atoms with Gasteiger partial charge in [-0.05, 0) is 43.4 Å². The van der Waals surface area contributed by atoms with E-state index in [-0.39, 0.29) is 25.7 Å². The van der Waals surface area contributed by atoms with Crippen molar-refractivity contribution in [2.45, 2.75) is 401 Å². The maximum Gasteiger partial charge on any atom is 0.472 e. The van der Waals surface area contributed by atoms with Gasteiger partial charge in [0.1, 0.15) is 19.3 Å². The van der Waals surface area contributed by atoms with Crippen LogP contribution in [0.25, 0.3) is 0 Å². The Morgan fingerprint density at radius 3 is 0.723 bits per heavy atom.